The van der Waals surface area contributed by atoms with Gasteiger partial charge >= 0.3 is 0 Å². The summed E-state index contributed by atoms with van der Waals surface area (Å²) in [5.41, 5.74) is 6.11. The Bertz CT molecular complexity index is 920. The third kappa shape index (κ3) is 4.59. The van der Waals surface area contributed by atoms with Crippen molar-refractivity contribution in [2.45, 2.75) is 39.5 Å². The lowest BCUT2D eigenvalue weighted by atomic mass is 9.89. The van der Waals surface area contributed by atoms with Crippen LogP contribution in [0.25, 0.3) is 5.57 Å². The molecule has 1 N–H and O–H groups in total. The van der Waals surface area contributed by atoms with E-state index in [1.54, 1.807) is 13.3 Å². The third-order valence-electron chi connectivity index (χ3n) is 5.03. The van der Waals surface area contributed by atoms with Crippen LogP contribution in [0.3, 0.4) is 0 Å². The molecule has 0 atom stereocenters. The Balaban J connectivity index is 1.97. The molecule has 0 saturated heterocycles. The van der Waals surface area contributed by atoms with Crippen LogP contribution in [0.5, 0.6) is 0 Å². The first-order valence-electron chi connectivity index (χ1n) is 9.67. The predicted octanol–water partition coefficient (Wildman–Crippen LogP) is 5.93. The van der Waals surface area contributed by atoms with Gasteiger partial charge in [0, 0.05) is 16.7 Å². The normalized spacial score (nSPS) is 15.0. The first-order chi connectivity index (χ1) is 12.9. The number of allylic oxidation sites excluding steroid dienone is 4. The first kappa shape index (κ1) is 19.6. The summed E-state index contributed by atoms with van der Waals surface area (Å²) in [6.45, 7) is 7.74. The summed E-state index contributed by atoms with van der Waals surface area (Å²) in [6.07, 6.45) is 11.0. The van der Waals surface area contributed by atoms with E-state index in [1.807, 2.05) is 24.3 Å². The maximum absolute atomic E-state index is 12.2. The van der Waals surface area contributed by atoms with E-state index in [9.17, 15) is 4.57 Å². The number of rotatable bonds is 5. The van der Waals surface area contributed by atoms with Gasteiger partial charge in [-0.25, -0.2) is 4.98 Å². The molecule has 4 heteroatoms. The van der Waals surface area contributed by atoms with Gasteiger partial charge in [-0.1, -0.05) is 18.2 Å². The summed E-state index contributed by atoms with van der Waals surface area (Å²) in [7, 11) is -2.23. The van der Waals surface area contributed by atoms with Crippen LogP contribution in [-0.4, -0.2) is 18.3 Å². The van der Waals surface area contributed by atoms with Gasteiger partial charge in [0.05, 0.1) is 0 Å². The second-order valence-electron chi connectivity index (χ2n) is 7.45. The van der Waals surface area contributed by atoms with Crippen molar-refractivity contribution in [2.24, 2.45) is 0 Å². The van der Waals surface area contributed by atoms with Crippen molar-refractivity contribution < 1.29 is 4.57 Å². The molecule has 2 aromatic rings. The van der Waals surface area contributed by atoms with Gasteiger partial charge in [-0.2, -0.15) is 0 Å². The van der Waals surface area contributed by atoms with Crippen LogP contribution in [0, 0.1) is 0 Å². The van der Waals surface area contributed by atoms with Gasteiger partial charge in [0.25, 0.3) is 0 Å². The molecule has 0 bridgehead atoms. The summed E-state index contributed by atoms with van der Waals surface area (Å²) < 4.78 is 12.2. The Hall–Kier alpha value is -2.12. The molecule has 0 unspecified atom stereocenters. The summed E-state index contributed by atoms with van der Waals surface area (Å²) in [5, 5.41) is 4.34. The van der Waals surface area contributed by atoms with Gasteiger partial charge in [-0.15, -0.1) is 0 Å². The molecule has 0 saturated carbocycles. The second-order valence-corrected chi connectivity index (χ2v) is 10.7. The van der Waals surface area contributed by atoms with E-state index in [0.29, 0.717) is 0 Å². The van der Waals surface area contributed by atoms with Gasteiger partial charge in [0.15, 0.2) is 0 Å². The molecule has 3 nitrogen and oxygen atoms in total. The predicted molar refractivity (Wildman–Crippen MR) is 118 cm³/mol. The third-order valence-corrected chi connectivity index (χ3v) is 6.57. The molecule has 1 heterocycles. The Morgan fingerprint density at radius 3 is 2.44 bits per heavy atom. The van der Waals surface area contributed by atoms with Crippen molar-refractivity contribution in [2.75, 3.05) is 18.6 Å². The molecule has 0 fully saturated rings. The molecule has 0 aliphatic heterocycles. The number of pyridine rings is 1. The minimum Gasteiger partial charge on any atom is -0.340 e. The summed E-state index contributed by atoms with van der Waals surface area (Å²) in [4.78, 5) is 4.90. The number of aromatic nitrogens is 1. The average Bonchev–Trinajstić information content (AvgIpc) is 2.65. The fourth-order valence-corrected chi connectivity index (χ4v) is 4.47. The molecule has 1 aromatic heterocycles. The summed E-state index contributed by atoms with van der Waals surface area (Å²) in [5.74, 6) is 0.874. The van der Waals surface area contributed by atoms with E-state index >= 15 is 0 Å². The SMILES string of the molecule is C/C=C\C(=C/C)c1cc(Nc2ccc(P(C)(C)=O)cc2)nc2c1CCCC2. The Morgan fingerprint density at radius 2 is 1.81 bits per heavy atom. The van der Waals surface area contributed by atoms with E-state index in [-0.39, 0.29) is 0 Å². The lowest BCUT2D eigenvalue weighted by Gasteiger charge is -2.21. The van der Waals surface area contributed by atoms with Crippen LogP contribution in [0.15, 0.2) is 48.6 Å². The van der Waals surface area contributed by atoms with Crippen LogP contribution < -0.4 is 10.6 Å². The maximum atomic E-state index is 12.2. The zero-order valence-corrected chi connectivity index (χ0v) is 17.6. The fraction of sp³-hybridized carbons (Fsp3) is 0.348. The monoisotopic (exact) mass is 380 g/mol. The standard InChI is InChI=1S/C23H29N2OP/c1-5-9-17(6-2)21-16-23(25-22-11-8-7-10-20(21)22)24-18-12-14-19(15-13-18)27(3,4)26/h5-6,9,12-16H,7-8,10-11H2,1-4H3,(H,24,25)/b9-5-,17-6+. The van der Waals surface area contributed by atoms with Crippen molar-refractivity contribution in [1.82, 2.24) is 4.98 Å². The maximum Gasteiger partial charge on any atom is 0.131 e. The molecule has 142 valence electrons. The van der Waals surface area contributed by atoms with Crippen LogP contribution in [0.2, 0.25) is 0 Å². The van der Waals surface area contributed by atoms with Crippen LogP contribution in [-0.2, 0) is 17.4 Å². The van der Waals surface area contributed by atoms with Crippen molar-refractivity contribution in [3.8, 4) is 0 Å². The molecule has 0 amide bonds. The van der Waals surface area contributed by atoms with Crippen LogP contribution in [0.4, 0.5) is 11.5 Å². The highest BCUT2D eigenvalue weighted by Crippen LogP contribution is 2.35. The van der Waals surface area contributed by atoms with Crippen molar-refractivity contribution in [3.05, 3.63) is 65.4 Å². The molecule has 0 radical (unpaired) electrons. The number of aryl methyl sites for hydroxylation is 1. The van der Waals surface area contributed by atoms with Crippen molar-refractivity contribution in [1.29, 1.82) is 0 Å². The Labute approximate surface area is 163 Å². The molecule has 27 heavy (non-hydrogen) atoms. The number of fused-ring (bicyclic) bond motifs is 1. The van der Waals surface area contributed by atoms with E-state index < -0.39 is 7.14 Å². The minimum absolute atomic E-state index is 0.874. The average molecular weight is 380 g/mol. The lowest BCUT2D eigenvalue weighted by Crippen LogP contribution is -2.10. The van der Waals surface area contributed by atoms with Gasteiger partial charge in [0.1, 0.15) is 13.0 Å². The van der Waals surface area contributed by atoms with Crippen LogP contribution >= 0.6 is 7.14 Å². The first-order valence-corrected chi connectivity index (χ1v) is 12.3. The van der Waals surface area contributed by atoms with E-state index in [2.05, 4.69) is 43.5 Å². The smallest absolute Gasteiger partial charge is 0.131 e. The number of anilines is 2. The van der Waals surface area contributed by atoms with Crippen LogP contribution in [0.1, 0.15) is 43.5 Å². The van der Waals surface area contributed by atoms with Crippen molar-refractivity contribution >= 4 is 29.5 Å². The van der Waals surface area contributed by atoms with Gasteiger partial charge in [-0.05, 0) is 99.9 Å². The highest BCUT2D eigenvalue weighted by Gasteiger charge is 2.18. The molecule has 0 spiro atoms. The Kier molecular flexibility index (Phi) is 6.01. The van der Waals surface area contributed by atoms with Gasteiger partial charge in [-0.3, -0.25) is 0 Å². The molecular formula is C23H29N2OP. The quantitative estimate of drug-likeness (QED) is 0.516. The Morgan fingerprint density at radius 1 is 1.11 bits per heavy atom. The molecule has 3 rings (SSSR count). The summed E-state index contributed by atoms with van der Waals surface area (Å²) >= 11 is 0. The largest absolute Gasteiger partial charge is 0.340 e. The molecular weight excluding hydrogens is 351 g/mol. The second kappa shape index (κ2) is 8.27. The van der Waals surface area contributed by atoms with Gasteiger partial charge < -0.3 is 9.88 Å². The molecule has 1 aliphatic rings. The lowest BCUT2D eigenvalue weighted by molar-refractivity contribution is 0.588. The highest BCUT2D eigenvalue weighted by molar-refractivity contribution is 7.70. The van der Waals surface area contributed by atoms with Crippen molar-refractivity contribution in [3.63, 3.8) is 0 Å². The number of hydrogen-bond acceptors (Lipinski definition) is 3. The zero-order chi connectivity index (χ0) is 19.4. The number of nitrogens with one attached hydrogen (secondary N) is 1. The highest BCUT2D eigenvalue weighted by atomic mass is 31.2. The topological polar surface area (TPSA) is 42.0 Å². The van der Waals surface area contributed by atoms with E-state index in [0.717, 1.165) is 29.7 Å². The summed E-state index contributed by atoms with van der Waals surface area (Å²) in [6, 6.07) is 10.0. The minimum atomic E-state index is -2.23. The molecule has 1 aliphatic carbocycles. The van der Waals surface area contributed by atoms with Gasteiger partial charge in [0.2, 0.25) is 0 Å². The molecule has 1 aromatic carbocycles. The van der Waals surface area contributed by atoms with E-state index in [1.165, 1.54) is 35.2 Å². The van der Waals surface area contributed by atoms with E-state index in [4.69, 9.17) is 4.98 Å². The fourth-order valence-electron chi connectivity index (χ4n) is 3.60. The number of benzene rings is 1. The number of nitrogens with zero attached hydrogens (tertiary/aromatic N) is 1. The zero-order valence-electron chi connectivity index (χ0n) is 16.7. The number of hydrogen-bond donors (Lipinski definition) is 1.